The zero-order valence-electron chi connectivity index (χ0n) is 26.3. The molecular weight excluding hydrogens is 482 g/mol. The molecule has 0 amide bonds. The van der Waals surface area contributed by atoms with E-state index in [0.717, 1.165) is 64.1 Å². The molecular formula is C35H52O5. The van der Waals surface area contributed by atoms with E-state index in [1.54, 1.807) is 6.92 Å². The summed E-state index contributed by atoms with van der Waals surface area (Å²) in [6, 6.07) is 0. The summed E-state index contributed by atoms with van der Waals surface area (Å²) in [4.78, 5) is 50.5. The van der Waals surface area contributed by atoms with Crippen molar-refractivity contribution in [2.24, 2.45) is 50.2 Å². The van der Waals surface area contributed by atoms with Crippen LogP contribution in [0.4, 0.5) is 0 Å². The number of carbonyl (C=O) groups excluding carboxylic acids is 4. The maximum Gasteiger partial charge on any atom is 0.306 e. The van der Waals surface area contributed by atoms with Crippen molar-refractivity contribution >= 4 is 23.8 Å². The minimum absolute atomic E-state index is 0.0642. The fourth-order valence-electron chi connectivity index (χ4n) is 11.1. The lowest BCUT2D eigenvalue weighted by atomic mass is 2.89. The summed E-state index contributed by atoms with van der Waals surface area (Å²) in [5, 5.41) is 0. The Hall–Kier alpha value is -1.78. The van der Waals surface area contributed by atoms with Gasteiger partial charge in [-0.2, -0.15) is 0 Å². The second-order valence-corrected chi connectivity index (χ2v) is 16.4. The lowest BCUT2D eigenvalue weighted by molar-refractivity contribution is -0.211. The Labute approximate surface area is 241 Å². The summed E-state index contributed by atoms with van der Waals surface area (Å²) in [6.45, 7) is 18.0. The Morgan fingerprint density at radius 3 is 2.33 bits per heavy atom. The molecule has 0 heterocycles. The van der Waals surface area contributed by atoms with Crippen molar-refractivity contribution in [3.05, 3.63) is 11.6 Å². The molecule has 0 aromatic carbocycles. The Balaban J connectivity index is 1.51. The SMILES string of the molecule is CC(=O)C1([3CH3])CC[C@@]2(C)CC[C@@]3(C)C(=CC(=O)[C@@H]4[C@]3(C)CCC3C(C)([3CH3])[C@H](OC(=O)CCC=O)CC[C@]34C)[C@H]2C1. The summed E-state index contributed by atoms with van der Waals surface area (Å²) < 4.78 is 5.98. The predicted octanol–water partition coefficient (Wildman–Crippen LogP) is 7.45. The summed E-state index contributed by atoms with van der Waals surface area (Å²) >= 11 is 0. The minimum Gasteiger partial charge on any atom is -0.462 e. The maximum atomic E-state index is 14.5. The van der Waals surface area contributed by atoms with Crippen molar-refractivity contribution < 1.29 is 23.9 Å². The van der Waals surface area contributed by atoms with Gasteiger partial charge in [-0.1, -0.05) is 54.0 Å². The van der Waals surface area contributed by atoms with Crippen LogP contribution in [0.1, 0.15) is 126 Å². The third-order valence-electron chi connectivity index (χ3n) is 14.1. The largest absolute Gasteiger partial charge is 0.462 e. The number of allylic oxidation sites excluding steroid dienone is 2. The van der Waals surface area contributed by atoms with E-state index in [0.29, 0.717) is 5.78 Å². The van der Waals surface area contributed by atoms with Crippen LogP contribution in [0.5, 0.6) is 0 Å². The van der Waals surface area contributed by atoms with Crippen LogP contribution in [-0.4, -0.2) is 29.9 Å². The number of ether oxygens (including phenoxy) is 1. The second-order valence-electron chi connectivity index (χ2n) is 16.4. The van der Waals surface area contributed by atoms with Gasteiger partial charge in [0.2, 0.25) is 0 Å². The standard InChI is InChI=1S/C35H52O5/c1-22(37)32(5)16-15-31(4)17-18-34(7)23(24(31)21-32)20-25(38)29-33(6)13-12-27(40-28(39)10-9-19-36)30(2,3)26(33)11-14-35(29,34)8/h19-20,24,26-27,29H,9-18,21H2,1-8H3/t24-,26?,27-,29+,31+,32?,33-,34+,35+/m1/s1/i2-9,5-9/t24-,26?,27-,29+,30?,31+,32?,33-,34+,35+. The van der Waals surface area contributed by atoms with E-state index in [9.17, 15) is 19.2 Å². The number of fused-ring (bicyclic) bond motifs is 7. The van der Waals surface area contributed by atoms with Gasteiger partial charge in [0.05, 0.1) is 6.42 Å². The van der Waals surface area contributed by atoms with E-state index >= 15 is 0 Å². The van der Waals surface area contributed by atoms with Crippen molar-refractivity contribution in [3.8, 4) is 0 Å². The third kappa shape index (κ3) is 3.98. The molecule has 5 rings (SSSR count). The Kier molecular flexibility index (Phi) is 6.95. The molecule has 4 fully saturated rings. The molecule has 222 valence electrons. The first-order chi connectivity index (χ1) is 18.5. The van der Waals surface area contributed by atoms with Crippen molar-refractivity contribution in [3.63, 3.8) is 0 Å². The fraction of sp³-hybridized carbons (Fsp3) is 0.829. The van der Waals surface area contributed by atoms with Crippen molar-refractivity contribution in [2.75, 3.05) is 0 Å². The highest BCUT2D eigenvalue weighted by Gasteiger charge is 2.70. The number of ketones is 2. The molecule has 0 N–H and O–H groups in total. The average Bonchev–Trinajstić information content (AvgIpc) is 2.86. The monoisotopic (exact) mass is 534 g/mol. The second kappa shape index (κ2) is 9.36. The van der Waals surface area contributed by atoms with Crippen LogP contribution in [0.15, 0.2) is 11.6 Å². The molecule has 5 aliphatic carbocycles. The number of aldehydes is 1. The molecule has 5 heteroatoms. The number of Topliss-reactive ketones (excluding diaryl/α,β-unsaturated/α-hetero) is 1. The van der Waals surface area contributed by atoms with E-state index in [2.05, 4.69) is 54.5 Å². The summed E-state index contributed by atoms with van der Waals surface area (Å²) in [5.74, 6) is 0.761. The average molecular weight is 535 g/mol. The molecule has 40 heavy (non-hydrogen) atoms. The topological polar surface area (TPSA) is 77.5 Å². The van der Waals surface area contributed by atoms with Crippen molar-refractivity contribution in [2.45, 2.75) is 132 Å². The lowest BCUT2D eigenvalue weighted by Crippen LogP contribution is -2.66. The first kappa shape index (κ1) is 29.7. The predicted molar refractivity (Wildman–Crippen MR) is 155 cm³/mol. The highest BCUT2D eigenvalue weighted by atomic mass is 16.5. The maximum absolute atomic E-state index is 14.5. The van der Waals surface area contributed by atoms with Gasteiger partial charge < -0.3 is 9.53 Å². The summed E-state index contributed by atoms with van der Waals surface area (Å²) in [5.41, 5.74) is 0.545. The van der Waals surface area contributed by atoms with Crippen LogP contribution in [0.2, 0.25) is 0 Å². The fourth-order valence-corrected chi connectivity index (χ4v) is 11.1. The molecule has 0 saturated heterocycles. The molecule has 0 bridgehead atoms. The molecule has 3 unspecified atom stereocenters. The van der Waals surface area contributed by atoms with E-state index in [-0.39, 0.29) is 80.9 Å². The lowest BCUT2D eigenvalue weighted by Gasteiger charge is -2.70. The van der Waals surface area contributed by atoms with Gasteiger partial charge in [0, 0.05) is 23.2 Å². The Bertz CT molecular complexity index is 1150. The van der Waals surface area contributed by atoms with Crippen molar-refractivity contribution in [1.29, 1.82) is 0 Å². The first-order valence-electron chi connectivity index (χ1n) is 15.9. The van der Waals surface area contributed by atoms with E-state index < -0.39 is 0 Å². The third-order valence-corrected chi connectivity index (χ3v) is 14.1. The molecule has 5 nitrogen and oxygen atoms in total. The van der Waals surface area contributed by atoms with Gasteiger partial charge >= 0.3 is 5.97 Å². The van der Waals surface area contributed by atoms with Gasteiger partial charge in [-0.15, -0.1) is 0 Å². The van der Waals surface area contributed by atoms with Crippen LogP contribution in [0, 0.1) is 50.2 Å². The van der Waals surface area contributed by atoms with Gasteiger partial charge in [0.15, 0.2) is 5.78 Å². The van der Waals surface area contributed by atoms with Crippen LogP contribution in [0.25, 0.3) is 0 Å². The van der Waals surface area contributed by atoms with Crippen LogP contribution < -0.4 is 0 Å². The molecule has 5 aliphatic rings. The zero-order valence-corrected chi connectivity index (χ0v) is 26.3. The van der Waals surface area contributed by atoms with Gasteiger partial charge in [-0.3, -0.25) is 14.4 Å². The highest BCUT2D eigenvalue weighted by Crippen LogP contribution is 2.75. The van der Waals surface area contributed by atoms with E-state index in [1.165, 1.54) is 5.57 Å². The molecule has 0 radical (unpaired) electrons. The first-order valence-corrected chi connectivity index (χ1v) is 15.9. The number of carbonyl (C=O) groups is 4. The smallest absolute Gasteiger partial charge is 0.306 e. The van der Waals surface area contributed by atoms with Gasteiger partial charge in [-0.25, -0.2) is 0 Å². The molecule has 4 saturated carbocycles. The Morgan fingerprint density at radius 1 is 1.00 bits per heavy atom. The molecule has 0 spiro atoms. The molecule has 10 atom stereocenters. The van der Waals surface area contributed by atoms with Gasteiger partial charge in [0.25, 0.3) is 0 Å². The quantitative estimate of drug-likeness (QED) is 0.270. The number of hydrogen-bond donors (Lipinski definition) is 0. The number of rotatable bonds is 5. The molecule has 0 aliphatic heterocycles. The normalized spacial score (nSPS) is 49.9. The highest BCUT2D eigenvalue weighted by molar-refractivity contribution is 5.95. The van der Waals surface area contributed by atoms with E-state index in [4.69, 9.17) is 4.74 Å². The minimum atomic E-state index is -0.306. The summed E-state index contributed by atoms with van der Waals surface area (Å²) in [6.07, 6.45) is 11.7. The van der Waals surface area contributed by atoms with Crippen LogP contribution in [0.3, 0.4) is 0 Å². The zero-order chi connectivity index (χ0) is 29.5. The van der Waals surface area contributed by atoms with Gasteiger partial charge in [-0.05, 0) is 104 Å². The van der Waals surface area contributed by atoms with Crippen LogP contribution in [-0.2, 0) is 23.9 Å². The Morgan fingerprint density at radius 2 is 1.68 bits per heavy atom. The van der Waals surface area contributed by atoms with Gasteiger partial charge in [0.1, 0.15) is 18.2 Å². The number of hydrogen-bond acceptors (Lipinski definition) is 5. The molecule has 0 aromatic rings. The number of esters is 1. The molecule has 0 aromatic heterocycles. The van der Waals surface area contributed by atoms with Crippen LogP contribution >= 0.6 is 0 Å². The summed E-state index contributed by atoms with van der Waals surface area (Å²) in [7, 11) is 0. The van der Waals surface area contributed by atoms with E-state index in [1.807, 2.05) is 0 Å². The van der Waals surface area contributed by atoms with Crippen molar-refractivity contribution in [1.82, 2.24) is 0 Å².